The molecule has 16 heavy (non-hydrogen) atoms. The lowest BCUT2D eigenvalue weighted by Gasteiger charge is -2.23. The summed E-state index contributed by atoms with van der Waals surface area (Å²) in [7, 11) is 0. The quantitative estimate of drug-likeness (QED) is 0.836. The third-order valence-corrected chi connectivity index (χ3v) is 3.38. The van der Waals surface area contributed by atoms with Gasteiger partial charge in [0.25, 0.3) is 0 Å². The van der Waals surface area contributed by atoms with E-state index in [1.54, 1.807) is 13.0 Å². The van der Waals surface area contributed by atoms with Crippen LogP contribution in [0.4, 0.5) is 4.39 Å². The molecule has 3 unspecified atom stereocenters. The van der Waals surface area contributed by atoms with Crippen molar-refractivity contribution in [3.63, 3.8) is 0 Å². The van der Waals surface area contributed by atoms with E-state index in [4.69, 9.17) is 10.5 Å². The first-order valence-electron chi connectivity index (χ1n) is 5.73. The molecule has 88 valence electrons. The number of benzene rings is 1. The number of rotatable bonds is 2. The van der Waals surface area contributed by atoms with Crippen molar-refractivity contribution in [1.29, 1.82) is 0 Å². The second kappa shape index (κ2) is 4.52. The molecule has 0 spiro atoms. The Bertz CT molecular complexity index is 380. The summed E-state index contributed by atoms with van der Waals surface area (Å²) in [5.41, 5.74) is 7.59. The van der Waals surface area contributed by atoms with Gasteiger partial charge in [-0.2, -0.15) is 0 Å². The summed E-state index contributed by atoms with van der Waals surface area (Å²) in [5, 5.41) is 0. The Morgan fingerprint density at radius 3 is 2.81 bits per heavy atom. The molecule has 1 aromatic carbocycles. The number of hydrogen-bond donors (Lipinski definition) is 1. The lowest BCUT2D eigenvalue weighted by molar-refractivity contribution is 0.0724. The van der Waals surface area contributed by atoms with E-state index >= 15 is 0 Å². The van der Waals surface area contributed by atoms with E-state index in [-0.39, 0.29) is 18.0 Å². The molecular formula is C13H18FNO. The fraction of sp³-hybridized carbons (Fsp3) is 0.538. The highest BCUT2D eigenvalue weighted by Crippen LogP contribution is 2.30. The summed E-state index contributed by atoms with van der Waals surface area (Å²) in [4.78, 5) is 0. The highest BCUT2D eigenvalue weighted by Gasteiger charge is 2.30. The second-order valence-electron chi connectivity index (χ2n) is 4.64. The van der Waals surface area contributed by atoms with E-state index < -0.39 is 0 Å². The van der Waals surface area contributed by atoms with Gasteiger partial charge in [-0.25, -0.2) is 4.39 Å². The van der Waals surface area contributed by atoms with Gasteiger partial charge in [0, 0.05) is 6.61 Å². The summed E-state index contributed by atoms with van der Waals surface area (Å²) in [6.07, 6.45) is 1.05. The van der Waals surface area contributed by atoms with Crippen LogP contribution in [-0.4, -0.2) is 12.7 Å². The van der Waals surface area contributed by atoms with Crippen LogP contribution in [0, 0.1) is 18.7 Å². The maximum atomic E-state index is 13.4. The number of nitrogens with two attached hydrogens (primary N) is 1. The van der Waals surface area contributed by atoms with E-state index in [2.05, 4.69) is 6.92 Å². The molecule has 3 heteroatoms. The predicted octanol–water partition coefficient (Wildman–Crippen LogP) is 2.56. The molecule has 0 amide bonds. The van der Waals surface area contributed by atoms with Crippen LogP contribution >= 0.6 is 0 Å². The molecule has 0 saturated carbocycles. The maximum absolute atomic E-state index is 13.4. The first-order valence-corrected chi connectivity index (χ1v) is 5.73. The molecule has 1 aliphatic heterocycles. The predicted molar refractivity (Wildman–Crippen MR) is 61.6 cm³/mol. The minimum Gasteiger partial charge on any atom is -0.376 e. The van der Waals surface area contributed by atoms with Crippen molar-refractivity contribution in [2.45, 2.75) is 32.4 Å². The van der Waals surface area contributed by atoms with Crippen molar-refractivity contribution < 1.29 is 9.13 Å². The molecule has 1 aliphatic rings. The Balaban J connectivity index is 2.20. The van der Waals surface area contributed by atoms with E-state index in [0.717, 1.165) is 18.6 Å². The number of ether oxygens (including phenoxy) is 1. The minimum atomic E-state index is -0.229. The smallest absolute Gasteiger partial charge is 0.126 e. The van der Waals surface area contributed by atoms with Crippen molar-refractivity contribution in [2.24, 2.45) is 11.7 Å². The van der Waals surface area contributed by atoms with Crippen LogP contribution in [0.5, 0.6) is 0 Å². The van der Waals surface area contributed by atoms with Gasteiger partial charge >= 0.3 is 0 Å². The van der Waals surface area contributed by atoms with Gasteiger partial charge in [0.2, 0.25) is 0 Å². The number of halogens is 1. The summed E-state index contributed by atoms with van der Waals surface area (Å²) in [5.74, 6) is 0.248. The van der Waals surface area contributed by atoms with Crippen LogP contribution < -0.4 is 5.73 Å². The second-order valence-corrected chi connectivity index (χ2v) is 4.64. The molecule has 1 saturated heterocycles. The van der Waals surface area contributed by atoms with Crippen molar-refractivity contribution >= 4 is 0 Å². The highest BCUT2D eigenvalue weighted by atomic mass is 19.1. The first-order chi connectivity index (χ1) is 7.59. The molecule has 1 heterocycles. The van der Waals surface area contributed by atoms with Gasteiger partial charge in [-0.3, -0.25) is 0 Å². The Hall–Kier alpha value is -0.930. The fourth-order valence-corrected chi connectivity index (χ4v) is 2.18. The van der Waals surface area contributed by atoms with Gasteiger partial charge in [-0.05, 0) is 36.5 Å². The summed E-state index contributed by atoms with van der Waals surface area (Å²) in [6, 6.07) is 4.95. The zero-order chi connectivity index (χ0) is 11.7. The molecule has 3 atom stereocenters. The highest BCUT2D eigenvalue weighted by molar-refractivity contribution is 5.26. The summed E-state index contributed by atoms with van der Waals surface area (Å²) < 4.78 is 19.0. The van der Waals surface area contributed by atoms with Crippen LogP contribution in [0.25, 0.3) is 0 Å². The van der Waals surface area contributed by atoms with Gasteiger partial charge in [0.1, 0.15) is 5.82 Å². The zero-order valence-corrected chi connectivity index (χ0v) is 9.74. The lowest BCUT2D eigenvalue weighted by atomic mass is 9.93. The van der Waals surface area contributed by atoms with E-state index in [1.807, 2.05) is 6.07 Å². The summed E-state index contributed by atoms with van der Waals surface area (Å²) >= 11 is 0. The van der Waals surface area contributed by atoms with Crippen LogP contribution in [0.15, 0.2) is 18.2 Å². The van der Waals surface area contributed by atoms with Gasteiger partial charge in [0.15, 0.2) is 0 Å². The van der Waals surface area contributed by atoms with Crippen molar-refractivity contribution in [2.75, 3.05) is 6.61 Å². The lowest BCUT2D eigenvalue weighted by Crippen LogP contribution is -2.29. The normalized spacial score (nSPS) is 27.0. The van der Waals surface area contributed by atoms with E-state index in [1.165, 1.54) is 6.07 Å². The monoisotopic (exact) mass is 223 g/mol. The van der Waals surface area contributed by atoms with Gasteiger partial charge in [-0.15, -0.1) is 0 Å². The Kier molecular flexibility index (Phi) is 3.26. The Morgan fingerprint density at radius 2 is 2.25 bits per heavy atom. The first kappa shape index (κ1) is 11.6. The molecule has 0 aromatic heterocycles. The average Bonchev–Trinajstić information content (AvgIpc) is 2.67. The fourth-order valence-electron chi connectivity index (χ4n) is 2.18. The van der Waals surface area contributed by atoms with E-state index in [0.29, 0.717) is 11.5 Å². The average molecular weight is 223 g/mol. The molecule has 2 rings (SSSR count). The molecule has 0 radical (unpaired) electrons. The number of hydrogen-bond acceptors (Lipinski definition) is 2. The third kappa shape index (κ3) is 2.11. The topological polar surface area (TPSA) is 35.2 Å². The van der Waals surface area contributed by atoms with Crippen LogP contribution in [-0.2, 0) is 4.74 Å². The molecular weight excluding hydrogens is 205 g/mol. The third-order valence-electron chi connectivity index (χ3n) is 3.38. The van der Waals surface area contributed by atoms with Crippen molar-refractivity contribution in [1.82, 2.24) is 0 Å². The Morgan fingerprint density at radius 1 is 1.50 bits per heavy atom. The van der Waals surface area contributed by atoms with Crippen molar-refractivity contribution in [3.8, 4) is 0 Å². The van der Waals surface area contributed by atoms with E-state index in [9.17, 15) is 4.39 Å². The zero-order valence-electron chi connectivity index (χ0n) is 9.74. The Labute approximate surface area is 95.6 Å². The van der Waals surface area contributed by atoms with Crippen LogP contribution in [0.3, 0.4) is 0 Å². The van der Waals surface area contributed by atoms with Gasteiger partial charge < -0.3 is 10.5 Å². The van der Waals surface area contributed by atoms with Gasteiger partial charge in [-0.1, -0.05) is 19.1 Å². The minimum absolute atomic E-state index is 0.0158. The standard InChI is InChI=1S/C13H18FNO/c1-8-3-4-10(7-11(8)14)12(15)13-9(2)5-6-16-13/h3-4,7,9,12-13H,5-6,15H2,1-2H3. The SMILES string of the molecule is Cc1ccc(C(N)C2OCCC2C)cc1F. The largest absolute Gasteiger partial charge is 0.376 e. The van der Waals surface area contributed by atoms with Crippen molar-refractivity contribution in [3.05, 3.63) is 35.1 Å². The molecule has 2 nitrogen and oxygen atoms in total. The summed E-state index contributed by atoms with van der Waals surface area (Å²) in [6.45, 7) is 4.63. The molecule has 0 bridgehead atoms. The van der Waals surface area contributed by atoms with Crippen LogP contribution in [0.1, 0.15) is 30.5 Å². The molecule has 0 aliphatic carbocycles. The maximum Gasteiger partial charge on any atom is 0.126 e. The molecule has 1 fully saturated rings. The molecule has 2 N–H and O–H groups in total. The van der Waals surface area contributed by atoms with Crippen LogP contribution in [0.2, 0.25) is 0 Å². The molecule has 1 aromatic rings. The van der Waals surface area contributed by atoms with Gasteiger partial charge in [0.05, 0.1) is 12.1 Å². The number of aryl methyl sites for hydroxylation is 1.